The van der Waals surface area contributed by atoms with Gasteiger partial charge in [0.2, 0.25) is 5.88 Å². The number of carbonyl (C=O) groups excluding carboxylic acids is 2. The molecule has 0 saturated carbocycles. The van der Waals surface area contributed by atoms with Crippen molar-refractivity contribution < 1.29 is 33.7 Å². The van der Waals surface area contributed by atoms with Gasteiger partial charge in [-0.25, -0.2) is 9.37 Å². The Morgan fingerprint density at radius 1 is 0.923 bits per heavy atom. The van der Waals surface area contributed by atoms with Gasteiger partial charge >= 0.3 is 0 Å². The van der Waals surface area contributed by atoms with E-state index in [1.165, 1.54) is 42.2 Å². The van der Waals surface area contributed by atoms with Gasteiger partial charge in [0.05, 0.1) is 31.0 Å². The Hall–Kier alpha value is -4.34. The van der Waals surface area contributed by atoms with Crippen molar-refractivity contribution in [2.24, 2.45) is 0 Å². The number of nitrogens with zero attached hydrogens (tertiary/aromatic N) is 3. The molecule has 0 bridgehead atoms. The molecular formula is C29H32FN3O6. The number of carbonyl (C=O) groups is 2. The second kappa shape index (κ2) is 12.0. The molecular weight excluding hydrogens is 505 g/mol. The zero-order chi connectivity index (χ0) is 28.1. The Kier molecular flexibility index (Phi) is 8.53. The largest absolute Gasteiger partial charge is 0.506 e. The standard InChI is InChI=1S/C29H32FN3O6/c1-4-5-10-20-23(24-21(38-2)11-7-12-22(24)39-3)26(34)25(27(35)31-20)29(37)33-15-13-32(14-16-33)28(36)18-8-6-9-19(30)17-18/h6-9,11-12,17H,4-5,10,13-16H2,1-3H3,(H2,31,34,35). The summed E-state index contributed by atoms with van der Waals surface area (Å²) in [7, 11) is 2.98. The van der Waals surface area contributed by atoms with E-state index in [1.807, 2.05) is 6.92 Å². The van der Waals surface area contributed by atoms with Crippen molar-refractivity contribution in [2.45, 2.75) is 26.2 Å². The molecule has 1 aliphatic heterocycles. The van der Waals surface area contributed by atoms with Crippen molar-refractivity contribution in [1.82, 2.24) is 14.8 Å². The van der Waals surface area contributed by atoms with Crippen LogP contribution in [-0.4, -0.2) is 77.2 Å². The first kappa shape index (κ1) is 27.7. The van der Waals surface area contributed by atoms with E-state index in [0.29, 0.717) is 29.2 Å². The van der Waals surface area contributed by atoms with E-state index >= 15 is 0 Å². The smallest absolute Gasteiger partial charge is 0.263 e. The SMILES string of the molecule is CCCCc1nc(O)c(C(=O)N2CCN(C(=O)c3cccc(F)c3)CC2)c(O)c1-c1c(OC)cccc1OC. The molecule has 3 aromatic rings. The highest BCUT2D eigenvalue weighted by molar-refractivity contribution is 6.02. The molecule has 9 nitrogen and oxygen atoms in total. The number of pyridine rings is 1. The molecule has 1 saturated heterocycles. The molecule has 1 aromatic heterocycles. The van der Waals surface area contributed by atoms with E-state index in [4.69, 9.17) is 9.47 Å². The molecule has 39 heavy (non-hydrogen) atoms. The topological polar surface area (TPSA) is 112 Å². The molecule has 0 unspecified atom stereocenters. The Labute approximate surface area is 226 Å². The number of ether oxygens (including phenoxy) is 2. The lowest BCUT2D eigenvalue weighted by Crippen LogP contribution is -2.50. The lowest BCUT2D eigenvalue weighted by atomic mass is 9.95. The third kappa shape index (κ3) is 5.59. The van der Waals surface area contributed by atoms with Crippen molar-refractivity contribution >= 4 is 11.8 Å². The highest BCUT2D eigenvalue weighted by Crippen LogP contribution is 2.47. The van der Waals surface area contributed by atoms with Crippen LogP contribution in [-0.2, 0) is 6.42 Å². The van der Waals surface area contributed by atoms with Gasteiger partial charge in [0.1, 0.15) is 28.6 Å². The van der Waals surface area contributed by atoms with Crippen LogP contribution >= 0.6 is 0 Å². The van der Waals surface area contributed by atoms with Gasteiger partial charge in [-0.1, -0.05) is 25.5 Å². The predicted octanol–water partition coefficient (Wildman–Crippen LogP) is 4.26. The number of hydrogen-bond donors (Lipinski definition) is 2. The highest BCUT2D eigenvalue weighted by atomic mass is 19.1. The number of piperazine rings is 1. The number of aryl methyl sites for hydroxylation is 1. The van der Waals surface area contributed by atoms with E-state index < -0.39 is 23.4 Å². The molecule has 2 heterocycles. The van der Waals surface area contributed by atoms with Crippen LogP contribution in [0, 0.1) is 5.82 Å². The van der Waals surface area contributed by atoms with Gasteiger partial charge in [0.15, 0.2) is 0 Å². The summed E-state index contributed by atoms with van der Waals surface area (Å²) in [6, 6.07) is 10.6. The Morgan fingerprint density at radius 2 is 1.51 bits per heavy atom. The monoisotopic (exact) mass is 537 g/mol. The molecule has 1 aliphatic rings. The van der Waals surface area contributed by atoms with E-state index in [9.17, 15) is 24.2 Å². The van der Waals surface area contributed by atoms with Crippen LogP contribution in [0.5, 0.6) is 23.1 Å². The third-order valence-electron chi connectivity index (χ3n) is 6.81. The first-order valence-electron chi connectivity index (χ1n) is 12.8. The van der Waals surface area contributed by atoms with Crippen LogP contribution in [0.15, 0.2) is 42.5 Å². The summed E-state index contributed by atoms with van der Waals surface area (Å²) in [4.78, 5) is 33.7. The number of amides is 2. The van der Waals surface area contributed by atoms with Gasteiger partial charge in [-0.2, -0.15) is 0 Å². The maximum atomic E-state index is 13.6. The van der Waals surface area contributed by atoms with Crippen molar-refractivity contribution in [3.8, 4) is 34.3 Å². The molecule has 10 heteroatoms. The molecule has 2 N–H and O–H groups in total. The maximum Gasteiger partial charge on any atom is 0.263 e. The number of aromatic hydroxyl groups is 2. The molecule has 0 radical (unpaired) electrons. The minimum atomic E-state index is -0.618. The summed E-state index contributed by atoms with van der Waals surface area (Å²) >= 11 is 0. The molecule has 0 atom stereocenters. The molecule has 2 amide bonds. The van der Waals surface area contributed by atoms with Gasteiger partial charge in [0, 0.05) is 31.7 Å². The number of halogens is 1. The fraction of sp³-hybridized carbons (Fsp3) is 0.345. The summed E-state index contributed by atoms with van der Waals surface area (Å²) in [5, 5.41) is 22.3. The van der Waals surface area contributed by atoms with E-state index in [0.717, 1.165) is 12.8 Å². The van der Waals surface area contributed by atoms with Crippen molar-refractivity contribution in [3.05, 3.63) is 65.1 Å². The Morgan fingerprint density at radius 3 is 2.08 bits per heavy atom. The number of methoxy groups -OCH3 is 2. The second-order valence-electron chi connectivity index (χ2n) is 9.22. The molecule has 2 aromatic carbocycles. The summed E-state index contributed by atoms with van der Waals surface area (Å²) in [5.74, 6) is -1.61. The van der Waals surface area contributed by atoms with Gasteiger partial charge < -0.3 is 29.5 Å². The Balaban J connectivity index is 1.67. The zero-order valence-corrected chi connectivity index (χ0v) is 22.2. The predicted molar refractivity (Wildman–Crippen MR) is 143 cm³/mol. The number of hydrogen-bond acceptors (Lipinski definition) is 7. The number of aromatic nitrogens is 1. The summed E-state index contributed by atoms with van der Waals surface area (Å²) in [6.45, 7) is 2.74. The molecule has 1 fully saturated rings. The normalized spacial score (nSPS) is 13.3. The van der Waals surface area contributed by atoms with Crippen LogP contribution in [0.4, 0.5) is 4.39 Å². The molecule has 4 rings (SSSR count). The van der Waals surface area contributed by atoms with E-state index in [2.05, 4.69) is 4.98 Å². The quantitative estimate of drug-likeness (QED) is 0.442. The zero-order valence-electron chi connectivity index (χ0n) is 22.2. The first-order valence-corrected chi connectivity index (χ1v) is 12.8. The first-order chi connectivity index (χ1) is 18.8. The van der Waals surface area contributed by atoms with Gasteiger partial charge in [-0.05, 0) is 43.2 Å². The van der Waals surface area contributed by atoms with Gasteiger partial charge in [-0.3, -0.25) is 9.59 Å². The highest BCUT2D eigenvalue weighted by Gasteiger charge is 2.33. The Bertz CT molecular complexity index is 1350. The van der Waals surface area contributed by atoms with Crippen molar-refractivity contribution in [2.75, 3.05) is 40.4 Å². The summed E-state index contributed by atoms with van der Waals surface area (Å²) < 4.78 is 24.7. The van der Waals surface area contributed by atoms with Crippen molar-refractivity contribution in [1.29, 1.82) is 0 Å². The van der Waals surface area contributed by atoms with Gasteiger partial charge in [0.25, 0.3) is 11.8 Å². The number of rotatable bonds is 8. The molecule has 206 valence electrons. The average Bonchev–Trinajstić information content (AvgIpc) is 2.95. The third-order valence-corrected chi connectivity index (χ3v) is 6.81. The number of unbranched alkanes of at least 4 members (excludes halogenated alkanes) is 1. The summed E-state index contributed by atoms with van der Waals surface area (Å²) in [5.41, 5.74) is 1.00. The van der Waals surface area contributed by atoms with Crippen LogP contribution in [0.25, 0.3) is 11.1 Å². The van der Waals surface area contributed by atoms with Crippen LogP contribution in [0.3, 0.4) is 0 Å². The van der Waals surface area contributed by atoms with Crippen molar-refractivity contribution in [3.63, 3.8) is 0 Å². The van der Waals surface area contributed by atoms with E-state index in [-0.39, 0.29) is 48.8 Å². The minimum Gasteiger partial charge on any atom is -0.506 e. The van der Waals surface area contributed by atoms with Crippen LogP contribution < -0.4 is 9.47 Å². The fourth-order valence-corrected chi connectivity index (χ4v) is 4.76. The maximum absolute atomic E-state index is 13.6. The van der Waals surface area contributed by atoms with Crippen LogP contribution in [0.2, 0.25) is 0 Å². The minimum absolute atomic E-state index is 0.156. The number of benzene rings is 2. The fourth-order valence-electron chi connectivity index (χ4n) is 4.76. The van der Waals surface area contributed by atoms with E-state index in [1.54, 1.807) is 24.3 Å². The van der Waals surface area contributed by atoms with Gasteiger partial charge in [-0.15, -0.1) is 0 Å². The molecule has 0 aliphatic carbocycles. The second-order valence-corrected chi connectivity index (χ2v) is 9.22. The molecule has 0 spiro atoms. The lowest BCUT2D eigenvalue weighted by Gasteiger charge is -2.35. The lowest BCUT2D eigenvalue weighted by molar-refractivity contribution is 0.0531. The average molecular weight is 538 g/mol. The van der Waals surface area contributed by atoms with Crippen LogP contribution in [0.1, 0.15) is 46.2 Å². The summed E-state index contributed by atoms with van der Waals surface area (Å²) in [6.07, 6.45) is 2.04.